The highest BCUT2D eigenvalue weighted by Crippen LogP contribution is 2.22. The van der Waals surface area contributed by atoms with Crippen molar-refractivity contribution in [2.75, 3.05) is 12.4 Å². The van der Waals surface area contributed by atoms with Gasteiger partial charge in [0.15, 0.2) is 0 Å². The summed E-state index contributed by atoms with van der Waals surface area (Å²) in [5, 5.41) is 3.34. The van der Waals surface area contributed by atoms with E-state index >= 15 is 0 Å². The SMILES string of the molecule is COc1ccc(NCc2ccc(F)cc2C)cc1C. The van der Waals surface area contributed by atoms with Crippen LogP contribution < -0.4 is 10.1 Å². The van der Waals surface area contributed by atoms with Crippen LogP contribution in [0.5, 0.6) is 5.75 Å². The first-order chi connectivity index (χ1) is 9.10. The molecular formula is C16H18FNO. The number of rotatable bonds is 4. The van der Waals surface area contributed by atoms with Crippen molar-refractivity contribution in [1.82, 2.24) is 0 Å². The summed E-state index contributed by atoms with van der Waals surface area (Å²) in [5.41, 5.74) is 4.16. The highest BCUT2D eigenvalue weighted by Gasteiger charge is 2.02. The topological polar surface area (TPSA) is 21.3 Å². The van der Waals surface area contributed by atoms with Crippen LogP contribution >= 0.6 is 0 Å². The molecule has 0 amide bonds. The van der Waals surface area contributed by atoms with Crippen LogP contribution in [0.15, 0.2) is 36.4 Å². The Morgan fingerprint density at radius 2 is 1.84 bits per heavy atom. The molecule has 0 unspecified atom stereocenters. The highest BCUT2D eigenvalue weighted by molar-refractivity contribution is 5.51. The van der Waals surface area contributed by atoms with Gasteiger partial charge in [-0.1, -0.05) is 6.07 Å². The largest absolute Gasteiger partial charge is 0.496 e. The molecule has 0 fully saturated rings. The van der Waals surface area contributed by atoms with Gasteiger partial charge in [0.05, 0.1) is 7.11 Å². The van der Waals surface area contributed by atoms with Gasteiger partial charge in [-0.25, -0.2) is 4.39 Å². The number of anilines is 1. The van der Waals surface area contributed by atoms with Crippen molar-refractivity contribution in [1.29, 1.82) is 0 Å². The van der Waals surface area contributed by atoms with Gasteiger partial charge in [0.25, 0.3) is 0 Å². The van der Waals surface area contributed by atoms with E-state index in [1.54, 1.807) is 13.2 Å². The molecule has 19 heavy (non-hydrogen) atoms. The summed E-state index contributed by atoms with van der Waals surface area (Å²) < 4.78 is 18.2. The van der Waals surface area contributed by atoms with Crippen molar-refractivity contribution in [3.05, 3.63) is 58.9 Å². The van der Waals surface area contributed by atoms with Crippen LogP contribution in [0, 0.1) is 19.7 Å². The van der Waals surface area contributed by atoms with E-state index in [-0.39, 0.29) is 5.82 Å². The van der Waals surface area contributed by atoms with E-state index in [0.29, 0.717) is 6.54 Å². The lowest BCUT2D eigenvalue weighted by Gasteiger charge is -2.11. The molecule has 0 heterocycles. The Morgan fingerprint density at radius 3 is 2.47 bits per heavy atom. The molecule has 0 saturated carbocycles. The zero-order valence-electron chi connectivity index (χ0n) is 11.5. The molecule has 1 N–H and O–H groups in total. The Hall–Kier alpha value is -2.03. The van der Waals surface area contributed by atoms with Crippen LogP contribution in [-0.4, -0.2) is 7.11 Å². The molecule has 2 aromatic rings. The number of aryl methyl sites for hydroxylation is 2. The molecule has 3 heteroatoms. The van der Waals surface area contributed by atoms with Crippen molar-refractivity contribution < 1.29 is 9.13 Å². The molecule has 2 rings (SSSR count). The predicted octanol–water partition coefficient (Wildman–Crippen LogP) is 4.06. The number of hydrogen-bond donors (Lipinski definition) is 1. The van der Waals surface area contributed by atoms with Crippen molar-refractivity contribution in [2.45, 2.75) is 20.4 Å². The Balaban J connectivity index is 2.08. The maximum Gasteiger partial charge on any atom is 0.123 e. The van der Waals surface area contributed by atoms with Gasteiger partial charge in [-0.2, -0.15) is 0 Å². The van der Waals surface area contributed by atoms with Crippen LogP contribution in [-0.2, 0) is 6.54 Å². The minimum atomic E-state index is -0.193. The zero-order chi connectivity index (χ0) is 13.8. The van der Waals surface area contributed by atoms with E-state index < -0.39 is 0 Å². The average Bonchev–Trinajstić information content (AvgIpc) is 2.38. The number of halogens is 1. The molecule has 100 valence electrons. The van der Waals surface area contributed by atoms with Crippen molar-refractivity contribution >= 4 is 5.69 Å². The summed E-state index contributed by atoms with van der Waals surface area (Å²) in [4.78, 5) is 0. The maximum absolute atomic E-state index is 13.0. The second-order valence-corrected chi connectivity index (χ2v) is 4.61. The summed E-state index contributed by atoms with van der Waals surface area (Å²) in [6, 6.07) is 10.8. The summed E-state index contributed by atoms with van der Waals surface area (Å²) in [6.07, 6.45) is 0. The molecule has 0 bridgehead atoms. The lowest BCUT2D eigenvalue weighted by Crippen LogP contribution is -2.02. The lowest BCUT2D eigenvalue weighted by molar-refractivity contribution is 0.412. The Morgan fingerprint density at radius 1 is 1.05 bits per heavy atom. The zero-order valence-corrected chi connectivity index (χ0v) is 11.5. The number of nitrogens with one attached hydrogen (secondary N) is 1. The summed E-state index contributed by atoms with van der Waals surface area (Å²) in [7, 11) is 1.66. The Labute approximate surface area is 113 Å². The van der Waals surface area contributed by atoms with Gasteiger partial charge in [-0.15, -0.1) is 0 Å². The number of methoxy groups -OCH3 is 1. The third-order valence-corrected chi connectivity index (χ3v) is 3.18. The van der Waals surface area contributed by atoms with Crippen molar-refractivity contribution in [2.24, 2.45) is 0 Å². The first-order valence-corrected chi connectivity index (χ1v) is 6.23. The van der Waals surface area contributed by atoms with Gasteiger partial charge in [-0.05, 0) is 60.9 Å². The van der Waals surface area contributed by atoms with Gasteiger partial charge >= 0.3 is 0 Å². The summed E-state index contributed by atoms with van der Waals surface area (Å²) in [6.45, 7) is 4.60. The second-order valence-electron chi connectivity index (χ2n) is 4.61. The molecule has 0 aliphatic rings. The van der Waals surface area contributed by atoms with E-state index in [2.05, 4.69) is 5.32 Å². The lowest BCUT2D eigenvalue weighted by atomic mass is 10.1. The van der Waals surface area contributed by atoms with Crippen LogP contribution in [0.4, 0.5) is 10.1 Å². The standard InChI is InChI=1S/C16H18FNO/c1-11-8-14(17)5-4-13(11)10-18-15-6-7-16(19-3)12(2)9-15/h4-9,18H,10H2,1-3H3. The molecule has 0 saturated heterocycles. The van der Waals surface area contributed by atoms with E-state index in [4.69, 9.17) is 4.74 Å². The Bertz CT molecular complexity index is 581. The molecule has 0 spiro atoms. The van der Waals surface area contributed by atoms with Crippen molar-refractivity contribution in [3.63, 3.8) is 0 Å². The predicted molar refractivity (Wildman–Crippen MR) is 76.2 cm³/mol. The summed E-state index contributed by atoms with van der Waals surface area (Å²) >= 11 is 0. The first-order valence-electron chi connectivity index (χ1n) is 6.23. The third-order valence-electron chi connectivity index (χ3n) is 3.18. The molecule has 2 aromatic carbocycles. The maximum atomic E-state index is 13.0. The fraction of sp³-hybridized carbons (Fsp3) is 0.250. The van der Waals surface area contributed by atoms with Crippen LogP contribution in [0.25, 0.3) is 0 Å². The van der Waals surface area contributed by atoms with Gasteiger partial charge in [0.1, 0.15) is 11.6 Å². The van der Waals surface area contributed by atoms with Crippen molar-refractivity contribution in [3.8, 4) is 5.75 Å². The van der Waals surface area contributed by atoms with E-state index in [9.17, 15) is 4.39 Å². The molecule has 0 aliphatic carbocycles. The van der Waals surface area contributed by atoms with Gasteiger partial charge in [-0.3, -0.25) is 0 Å². The third kappa shape index (κ3) is 3.25. The Kier molecular flexibility index (Phi) is 4.05. The monoisotopic (exact) mass is 259 g/mol. The molecule has 0 aliphatic heterocycles. The normalized spacial score (nSPS) is 10.3. The molecule has 0 atom stereocenters. The quantitative estimate of drug-likeness (QED) is 0.894. The van der Waals surface area contributed by atoms with Crippen LogP contribution in [0.3, 0.4) is 0 Å². The highest BCUT2D eigenvalue weighted by atomic mass is 19.1. The van der Waals surface area contributed by atoms with Gasteiger partial charge in [0.2, 0.25) is 0 Å². The number of benzene rings is 2. The van der Waals surface area contributed by atoms with Gasteiger partial charge in [0, 0.05) is 12.2 Å². The van der Waals surface area contributed by atoms with Crippen LogP contribution in [0.1, 0.15) is 16.7 Å². The number of ether oxygens (including phenoxy) is 1. The van der Waals surface area contributed by atoms with E-state index in [1.165, 1.54) is 6.07 Å². The molecular weight excluding hydrogens is 241 g/mol. The first kappa shape index (κ1) is 13.4. The molecule has 2 nitrogen and oxygen atoms in total. The van der Waals surface area contributed by atoms with E-state index in [1.807, 2.05) is 38.1 Å². The molecule has 0 radical (unpaired) electrons. The minimum Gasteiger partial charge on any atom is -0.496 e. The fourth-order valence-electron chi connectivity index (χ4n) is 2.04. The van der Waals surface area contributed by atoms with Gasteiger partial charge < -0.3 is 10.1 Å². The van der Waals surface area contributed by atoms with E-state index in [0.717, 1.165) is 28.1 Å². The smallest absolute Gasteiger partial charge is 0.123 e. The number of hydrogen-bond acceptors (Lipinski definition) is 2. The fourth-order valence-corrected chi connectivity index (χ4v) is 2.04. The average molecular weight is 259 g/mol. The molecule has 0 aromatic heterocycles. The second kappa shape index (κ2) is 5.74. The summed E-state index contributed by atoms with van der Waals surface area (Å²) in [5.74, 6) is 0.685. The minimum absolute atomic E-state index is 0.193. The van der Waals surface area contributed by atoms with Crippen LogP contribution in [0.2, 0.25) is 0 Å².